The molecule has 0 aliphatic carbocycles. The zero-order valence-electron chi connectivity index (χ0n) is 15.1. The average Bonchev–Trinajstić information content (AvgIpc) is 2.65. The van der Waals surface area contributed by atoms with Crippen LogP contribution in [0.25, 0.3) is 0 Å². The Balaban J connectivity index is 0.00000392. The van der Waals surface area contributed by atoms with E-state index in [1.54, 1.807) is 4.90 Å². The molecule has 0 saturated heterocycles. The van der Waals surface area contributed by atoms with Crippen molar-refractivity contribution in [2.45, 2.75) is 24.5 Å². The minimum Gasteiger partial charge on any atom is -0.334 e. The lowest BCUT2D eigenvalue weighted by atomic mass is 10.1. The topological polar surface area (TPSA) is 80.5 Å². The molecule has 2 N–H and O–H groups in total. The van der Waals surface area contributed by atoms with Crippen LogP contribution < -0.4 is 5.73 Å². The van der Waals surface area contributed by atoms with Crippen LogP contribution in [-0.4, -0.2) is 38.1 Å². The summed E-state index contributed by atoms with van der Waals surface area (Å²) in [4.78, 5) is 14.5. The van der Waals surface area contributed by atoms with Crippen molar-refractivity contribution in [2.24, 2.45) is 5.73 Å². The van der Waals surface area contributed by atoms with Gasteiger partial charge in [-0.1, -0.05) is 42.5 Å². The number of hydrogen-bond acceptors (Lipinski definition) is 4. The standard InChI is InChI=1S/C19H22F2N2O3S.ClH/c20-19(21)27(25,26)14-16-7-9-17(10-8-16)18(24)23(12-4-11-22)13-15-5-2-1-3-6-15;/h1-3,5-10,19H,4,11-14,22H2;1H. The van der Waals surface area contributed by atoms with Gasteiger partial charge in [0.25, 0.3) is 5.91 Å². The van der Waals surface area contributed by atoms with E-state index in [-0.39, 0.29) is 23.9 Å². The second-order valence-corrected chi connectivity index (χ2v) is 8.09. The van der Waals surface area contributed by atoms with E-state index in [1.807, 2.05) is 30.3 Å². The van der Waals surface area contributed by atoms with E-state index in [9.17, 15) is 22.0 Å². The van der Waals surface area contributed by atoms with Gasteiger partial charge in [0.05, 0.1) is 5.75 Å². The maximum atomic E-state index is 12.8. The van der Waals surface area contributed by atoms with Crippen LogP contribution in [0.1, 0.15) is 27.9 Å². The number of rotatable bonds is 9. The largest absolute Gasteiger partial charge is 0.337 e. The maximum absolute atomic E-state index is 12.8. The first-order chi connectivity index (χ1) is 12.8. The Kier molecular flexibility index (Phi) is 9.51. The van der Waals surface area contributed by atoms with E-state index in [1.165, 1.54) is 24.3 Å². The third-order valence-corrected chi connectivity index (χ3v) is 5.25. The van der Waals surface area contributed by atoms with E-state index < -0.39 is 21.3 Å². The number of amides is 1. The van der Waals surface area contributed by atoms with Crippen molar-refractivity contribution in [3.8, 4) is 0 Å². The van der Waals surface area contributed by atoms with Gasteiger partial charge in [0.15, 0.2) is 0 Å². The number of hydrogen-bond donors (Lipinski definition) is 1. The molecule has 0 unspecified atom stereocenters. The summed E-state index contributed by atoms with van der Waals surface area (Å²) in [5.74, 6) is -4.41. The normalized spacial score (nSPS) is 11.1. The van der Waals surface area contributed by atoms with Crippen molar-refractivity contribution in [2.75, 3.05) is 13.1 Å². The molecule has 0 aliphatic rings. The molecule has 0 bridgehead atoms. The second-order valence-electron chi connectivity index (χ2n) is 6.12. The molecule has 1 amide bonds. The zero-order chi connectivity index (χ0) is 19.9. The first kappa shape index (κ1) is 24.0. The molecule has 9 heteroatoms. The van der Waals surface area contributed by atoms with Crippen molar-refractivity contribution in [1.29, 1.82) is 0 Å². The Hall–Kier alpha value is -2.03. The maximum Gasteiger partial charge on any atom is 0.337 e. The van der Waals surface area contributed by atoms with Crippen LogP contribution in [-0.2, 0) is 22.1 Å². The molecule has 0 fully saturated rings. The summed E-state index contributed by atoms with van der Waals surface area (Å²) < 4.78 is 47.6. The number of sulfone groups is 1. The molecule has 28 heavy (non-hydrogen) atoms. The first-order valence-electron chi connectivity index (χ1n) is 8.45. The van der Waals surface area contributed by atoms with Gasteiger partial charge in [-0.3, -0.25) is 4.79 Å². The Morgan fingerprint density at radius 3 is 2.14 bits per heavy atom. The fourth-order valence-corrected chi connectivity index (χ4v) is 3.34. The van der Waals surface area contributed by atoms with Crippen molar-refractivity contribution in [1.82, 2.24) is 4.90 Å². The quantitative estimate of drug-likeness (QED) is 0.659. The summed E-state index contributed by atoms with van der Waals surface area (Å²) in [6.45, 7) is 1.34. The number of carbonyl (C=O) groups is 1. The van der Waals surface area contributed by atoms with E-state index in [0.717, 1.165) is 5.56 Å². The van der Waals surface area contributed by atoms with E-state index in [2.05, 4.69) is 0 Å². The van der Waals surface area contributed by atoms with Gasteiger partial charge in [-0.15, -0.1) is 12.4 Å². The molecule has 2 aromatic rings. The molecule has 2 rings (SSSR count). The smallest absolute Gasteiger partial charge is 0.334 e. The molecule has 0 atom stereocenters. The molecule has 5 nitrogen and oxygen atoms in total. The highest BCUT2D eigenvalue weighted by molar-refractivity contribution is 7.90. The van der Waals surface area contributed by atoms with Crippen LogP contribution in [0.15, 0.2) is 54.6 Å². The van der Waals surface area contributed by atoms with Gasteiger partial charge in [-0.25, -0.2) is 8.42 Å². The van der Waals surface area contributed by atoms with Crippen LogP contribution in [0, 0.1) is 0 Å². The monoisotopic (exact) mass is 432 g/mol. The number of carbonyl (C=O) groups excluding carboxylic acids is 1. The fraction of sp³-hybridized carbons (Fsp3) is 0.316. The lowest BCUT2D eigenvalue weighted by Crippen LogP contribution is -2.32. The fourth-order valence-electron chi connectivity index (χ4n) is 2.56. The SMILES string of the molecule is Cl.NCCCN(Cc1ccccc1)C(=O)c1ccc(CS(=O)(=O)C(F)F)cc1. The van der Waals surface area contributed by atoms with Crippen molar-refractivity contribution >= 4 is 28.2 Å². The van der Waals surface area contributed by atoms with Gasteiger partial charge >= 0.3 is 5.76 Å². The Morgan fingerprint density at radius 2 is 1.61 bits per heavy atom. The van der Waals surface area contributed by atoms with Crippen LogP contribution in [0.2, 0.25) is 0 Å². The summed E-state index contributed by atoms with van der Waals surface area (Å²) in [5.41, 5.74) is 7.10. The van der Waals surface area contributed by atoms with Crippen molar-refractivity contribution < 1.29 is 22.0 Å². The molecule has 0 aliphatic heterocycles. The predicted octanol–water partition coefficient (Wildman–Crippen LogP) is 3.24. The van der Waals surface area contributed by atoms with Crippen molar-refractivity contribution in [3.05, 3.63) is 71.3 Å². The molecular formula is C19H23ClF2N2O3S. The molecule has 0 heterocycles. The zero-order valence-corrected chi connectivity index (χ0v) is 16.8. The molecule has 2 aromatic carbocycles. The lowest BCUT2D eigenvalue weighted by Gasteiger charge is -2.23. The lowest BCUT2D eigenvalue weighted by molar-refractivity contribution is 0.0742. The highest BCUT2D eigenvalue weighted by Gasteiger charge is 2.24. The van der Waals surface area contributed by atoms with E-state index in [0.29, 0.717) is 31.6 Å². The third-order valence-electron chi connectivity index (χ3n) is 3.98. The average molecular weight is 433 g/mol. The summed E-state index contributed by atoms with van der Waals surface area (Å²) in [7, 11) is -4.50. The summed E-state index contributed by atoms with van der Waals surface area (Å²) in [6, 6.07) is 15.2. The minimum atomic E-state index is -4.50. The van der Waals surface area contributed by atoms with Gasteiger partial charge in [-0.05, 0) is 36.2 Å². The summed E-state index contributed by atoms with van der Waals surface area (Å²) in [6.07, 6.45) is 0.642. The summed E-state index contributed by atoms with van der Waals surface area (Å²) in [5, 5.41) is 0. The Morgan fingerprint density at radius 1 is 1.00 bits per heavy atom. The molecule has 154 valence electrons. The van der Waals surface area contributed by atoms with Crippen LogP contribution >= 0.6 is 12.4 Å². The van der Waals surface area contributed by atoms with Gasteiger partial charge in [0, 0.05) is 18.7 Å². The highest BCUT2D eigenvalue weighted by atomic mass is 35.5. The van der Waals surface area contributed by atoms with Gasteiger partial charge in [0.1, 0.15) is 0 Å². The molecular weight excluding hydrogens is 410 g/mol. The molecule has 0 saturated carbocycles. The Labute approximate surface area is 169 Å². The van der Waals surface area contributed by atoms with Crippen LogP contribution in [0.4, 0.5) is 8.78 Å². The van der Waals surface area contributed by atoms with Gasteiger partial charge in [0.2, 0.25) is 9.84 Å². The minimum absolute atomic E-state index is 0. The Bertz CT molecular complexity index is 847. The van der Waals surface area contributed by atoms with Crippen LogP contribution in [0.3, 0.4) is 0 Å². The molecule has 0 spiro atoms. The van der Waals surface area contributed by atoms with Gasteiger partial charge in [-0.2, -0.15) is 8.78 Å². The van der Waals surface area contributed by atoms with Crippen molar-refractivity contribution in [3.63, 3.8) is 0 Å². The number of nitrogens with two attached hydrogens (primary N) is 1. The number of nitrogens with zero attached hydrogens (tertiary/aromatic N) is 1. The molecule has 0 aromatic heterocycles. The van der Waals surface area contributed by atoms with Gasteiger partial charge < -0.3 is 10.6 Å². The van der Waals surface area contributed by atoms with Crippen LogP contribution in [0.5, 0.6) is 0 Å². The first-order valence-corrected chi connectivity index (χ1v) is 10.2. The number of halogens is 3. The number of alkyl halides is 2. The predicted molar refractivity (Wildman–Crippen MR) is 107 cm³/mol. The van der Waals surface area contributed by atoms with E-state index in [4.69, 9.17) is 5.73 Å². The highest BCUT2D eigenvalue weighted by Crippen LogP contribution is 2.16. The number of benzene rings is 2. The third kappa shape index (κ3) is 6.85. The summed E-state index contributed by atoms with van der Waals surface area (Å²) >= 11 is 0. The second kappa shape index (κ2) is 11.1. The molecule has 0 radical (unpaired) electrons. The van der Waals surface area contributed by atoms with E-state index >= 15 is 0 Å².